The molecular formula is C17H18BrNO. The van der Waals surface area contributed by atoms with Gasteiger partial charge in [0.15, 0.2) is 5.78 Å². The van der Waals surface area contributed by atoms with Crippen molar-refractivity contribution in [3.63, 3.8) is 0 Å². The molecular weight excluding hydrogens is 314 g/mol. The molecule has 2 nitrogen and oxygen atoms in total. The van der Waals surface area contributed by atoms with Crippen LogP contribution in [0.3, 0.4) is 0 Å². The Morgan fingerprint density at radius 3 is 2.60 bits per heavy atom. The van der Waals surface area contributed by atoms with Gasteiger partial charge in [-0.15, -0.1) is 0 Å². The zero-order valence-corrected chi connectivity index (χ0v) is 13.4. The summed E-state index contributed by atoms with van der Waals surface area (Å²) in [5.41, 5.74) is 3.27. The monoisotopic (exact) mass is 331 g/mol. The highest BCUT2D eigenvalue weighted by molar-refractivity contribution is 9.10. The quantitative estimate of drug-likeness (QED) is 0.769. The molecule has 0 spiro atoms. The van der Waals surface area contributed by atoms with Crippen molar-refractivity contribution < 1.29 is 4.79 Å². The molecule has 0 aliphatic carbocycles. The standard InChI is InChI=1S/C17H18BrNO/c1-13-6-3-4-7-15(13)11-19(2)12-17(20)14-8-5-9-16(18)10-14/h3-10H,11-12H2,1-2H3. The highest BCUT2D eigenvalue weighted by Crippen LogP contribution is 2.13. The number of carbonyl (C=O) groups excluding carboxylic acids is 1. The smallest absolute Gasteiger partial charge is 0.176 e. The van der Waals surface area contributed by atoms with Crippen LogP contribution in [-0.2, 0) is 6.54 Å². The summed E-state index contributed by atoms with van der Waals surface area (Å²) in [4.78, 5) is 14.3. The van der Waals surface area contributed by atoms with Gasteiger partial charge in [-0.1, -0.05) is 52.3 Å². The fourth-order valence-electron chi connectivity index (χ4n) is 2.13. The lowest BCUT2D eigenvalue weighted by molar-refractivity contribution is 0.0943. The average molecular weight is 332 g/mol. The number of Topliss-reactive ketones (excluding diaryl/α,β-unsaturated/α-hetero) is 1. The maximum Gasteiger partial charge on any atom is 0.176 e. The van der Waals surface area contributed by atoms with E-state index in [0.717, 1.165) is 16.6 Å². The van der Waals surface area contributed by atoms with Crippen molar-refractivity contribution >= 4 is 21.7 Å². The predicted octanol–water partition coefficient (Wildman–Crippen LogP) is 4.07. The highest BCUT2D eigenvalue weighted by atomic mass is 79.9. The van der Waals surface area contributed by atoms with Gasteiger partial charge >= 0.3 is 0 Å². The van der Waals surface area contributed by atoms with Gasteiger partial charge in [-0.3, -0.25) is 9.69 Å². The number of hydrogen-bond donors (Lipinski definition) is 0. The van der Waals surface area contributed by atoms with E-state index < -0.39 is 0 Å². The van der Waals surface area contributed by atoms with Crippen molar-refractivity contribution in [3.05, 3.63) is 69.7 Å². The number of hydrogen-bond acceptors (Lipinski definition) is 2. The summed E-state index contributed by atoms with van der Waals surface area (Å²) >= 11 is 3.39. The molecule has 0 aliphatic heterocycles. The fourth-order valence-corrected chi connectivity index (χ4v) is 2.53. The Morgan fingerprint density at radius 2 is 1.90 bits per heavy atom. The van der Waals surface area contributed by atoms with Crippen LogP contribution in [0.2, 0.25) is 0 Å². The predicted molar refractivity (Wildman–Crippen MR) is 86.0 cm³/mol. The molecule has 0 amide bonds. The van der Waals surface area contributed by atoms with Crippen molar-refractivity contribution in [3.8, 4) is 0 Å². The second kappa shape index (κ2) is 6.82. The molecule has 0 radical (unpaired) electrons. The highest BCUT2D eigenvalue weighted by Gasteiger charge is 2.10. The molecule has 0 aliphatic rings. The topological polar surface area (TPSA) is 20.3 Å². The normalized spacial score (nSPS) is 10.8. The van der Waals surface area contributed by atoms with E-state index in [1.54, 1.807) is 0 Å². The minimum Gasteiger partial charge on any atom is -0.295 e. The number of benzene rings is 2. The van der Waals surface area contributed by atoms with Gasteiger partial charge in [0.2, 0.25) is 0 Å². The molecule has 0 unspecified atom stereocenters. The Kier molecular flexibility index (Phi) is 5.10. The van der Waals surface area contributed by atoms with Crippen LogP contribution in [0.25, 0.3) is 0 Å². The van der Waals surface area contributed by atoms with E-state index in [2.05, 4.69) is 35.0 Å². The van der Waals surface area contributed by atoms with Gasteiger partial charge in [0.05, 0.1) is 6.54 Å². The van der Waals surface area contributed by atoms with Crippen LogP contribution in [0.15, 0.2) is 53.0 Å². The SMILES string of the molecule is Cc1ccccc1CN(C)CC(=O)c1cccc(Br)c1. The minimum absolute atomic E-state index is 0.141. The van der Waals surface area contributed by atoms with Crippen molar-refractivity contribution in [2.24, 2.45) is 0 Å². The number of rotatable bonds is 5. The molecule has 0 saturated carbocycles. The molecule has 2 aromatic carbocycles. The lowest BCUT2D eigenvalue weighted by Crippen LogP contribution is -2.25. The maximum absolute atomic E-state index is 12.2. The second-order valence-corrected chi connectivity index (χ2v) is 5.95. The van der Waals surface area contributed by atoms with Gasteiger partial charge in [-0.2, -0.15) is 0 Å². The van der Waals surface area contributed by atoms with Crippen LogP contribution in [-0.4, -0.2) is 24.3 Å². The Labute approximate surface area is 128 Å². The first-order chi connectivity index (χ1) is 9.56. The van der Waals surface area contributed by atoms with Crippen molar-refractivity contribution in [2.75, 3.05) is 13.6 Å². The first-order valence-electron chi connectivity index (χ1n) is 6.58. The first kappa shape index (κ1) is 14.9. The third-order valence-electron chi connectivity index (χ3n) is 3.26. The molecule has 0 saturated heterocycles. The summed E-state index contributed by atoms with van der Waals surface area (Å²) in [5.74, 6) is 0.141. The first-order valence-corrected chi connectivity index (χ1v) is 7.37. The van der Waals surface area contributed by atoms with E-state index in [-0.39, 0.29) is 5.78 Å². The lowest BCUT2D eigenvalue weighted by atomic mass is 10.1. The molecule has 2 rings (SSSR count). The Bertz CT molecular complexity index is 609. The van der Waals surface area contributed by atoms with Crippen LogP contribution >= 0.6 is 15.9 Å². The van der Waals surface area contributed by atoms with Gasteiger partial charge in [0, 0.05) is 16.6 Å². The number of aryl methyl sites for hydroxylation is 1. The molecule has 20 heavy (non-hydrogen) atoms. The summed E-state index contributed by atoms with van der Waals surface area (Å²) in [6.45, 7) is 3.30. The van der Waals surface area contributed by atoms with E-state index in [0.29, 0.717) is 6.54 Å². The molecule has 0 fully saturated rings. The molecule has 0 atom stereocenters. The van der Waals surface area contributed by atoms with E-state index >= 15 is 0 Å². The summed E-state index contributed by atoms with van der Waals surface area (Å²) in [7, 11) is 1.97. The van der Waals surface area contributed by atoms with E-state index in [4.69, 9.17) is 0 Å². The fraction of sp³-hybridized carbons (Fsp3) is 0.235. The summed E-state index contributed by atoms with van der Waals surface area (Å²) in [6, 6.07) is 15.8. The van der Waals surface area contributed by atoms with Gasteiger partial charge in [0.1, 0.15) is 0 Å². The van der Waals surface area contributed by atoms with Crippen LogP contribution in [0, 0.1) is 6.92 Å². The molecule has 3 heteroatoms. The molecule has 0 N–H and O–H groups in total. The summed E-state index contributed by atoms with van der Waals surface area (Å²) < 4.78 is 0.935. The minimum atomic E-state index is 0.141. The van der Waals surface area contributed by atoms with Crippen LogP contribution in [0.1, 0.15) is 21.5 Å². The lowest BCUT2D eigenvalue weighted by Gasteiger charge is -2.17. The number of ketones is 1. The number of likely N-dealkylation sites (N-methyl/N-ethyl adjacent to an activating group) is 1. The molecule has 0 aromatic heterocycles. The van der Waals surface area contributed by atoms with E-state index in [1.807, 2.05) is 48.3 Å². The summed E-state index contributed by atoms with van der Waals surface area (Å²) in [5, 5.41) is 0. The summed E-state index contributed by atoms with van der Waals surface area (Å²) in [6.07, 6.45) is 0. The van der Waals surface area contributed by atoms with Crippen LogP contribution in [0.4, 0.5) is 0 Å². The molecule has 104 valence electrons. The zero-order valence-electron chi connectivity index (χ0n) is 11.8. The maximum atomic E-state index is 12.2. The van der Waals surface area contributed by atoms with Gasteiger partial charge in [-0.05, 0) is 37.2 Å². The molecule has 0 bridgehead atoms. The van der Waals surface area contributed by atoms with Crippen molar-refractivity contribution in [1.29, 1.82) is 0 Å². The zero-order chi connectivity index (χ0) is 14.5. The van der Waals surface area contributed by atoms with Gasteiger partial charge < -0.3 is 0 Å². The van der Waals surface area contributed by atoms with Crippen LogP contribution < -0.4 is 0 Å². The average Bonchev–Trinajstić information content (AvgIpc) is 2.41. The van der Waals surface area contributed by atoms with Crippen molar-refractivity contribution in [2.45, 2.75) is 13.5 Å². The Hall–Kier alpha value is -1.45. The third-order valence-corrected chi connectivity index (χ3v) is 3.75. The number of nitrogens with zero attached hydrogens (tertiary/aromatic N) is 1. The number of halogens is 1. The number of carbonyl (C=O) groups is 1. The van der Waals surface area contributed by atoms with E-state index in [9.17, 15) is 4.79 Å². The van der Waals surface area contributed by atoms with E-state index in [1.165, 1.54) is 11.1 Å². The van der Waals surface area contributed by atoms with Crippen LogP contribution in [0.5, 0.6) is 0 Å². The Morgan fingerprint density at radius 1 is 1.15 bits per heavy atom. The second-order valence-electron chi connectivity index (χ2n) is 5.03. The van der Waals surface area contributed by atoms with Gasteiger partial charge in [0.25, 0.3) is 0 Å². The molecule has 0 heterocycles. The molecule has 2 aromatic rings. The van der Waals surface area contributed by atoms with Crippen molar-refractivity contribution in [1.82, 2.24) is 4.90 Å². The Balaban J connectivity index is 2.00. The third kappa shape index (κ3) is 4.02. The largest absolute Gasteiger partial charge is 0.295 e. The van der Waals surface area contributed by atoms with Gasteiger partial charge in [-0.25, -0.2) is 0 Å².